The Balaban J connectivity index is 1.76. The van der Waals surface area contributed by atoms with Gasteiger partial charge in [-0.15, -0.1) is 0 Å². The lowest BCUT2D eigenvalue weighted by atomic mass is 10.2. The molecule has 2 aliphatic rings. The van der Waals surface area contributed by atoms with Crippen molar-refractivity contribution in [3.63, 3.8) is 0 Å². The third-order valence-electron chi connectivity index (χ3n) is 3.16. The lowest BCUT2D eigenvalue weighted by Gasteiger charge is -2.23. The summed E-state index contributed by atoms with van der Waals surface area (Å²) in [7, 11) is 0. The molecule has 1 N–H and O–H groups in total. The normalized spacial score (nSPS) is 36.4. The number of aliphatic hydroxyl groups excluding tert-OH is 1. The first-order valence-electron chi connectivity index (χ1n) is 6.29. The number of aromatic nitrogens is 1. The van der Waals surface area contributed by atoms with Crippen molar-refractivity contribution in [2.75, 3.05) is 6.61 Å². The molecule has 0 aliphatic carbocycles. The second-order valence-corrected chi connectivity index (χ2v) is 6.19. The first-order valence-corrected chi connectivity index (χ1v) is 7.17. The third kappa shape index (κ3) is 2.64. The van der Waals surface area contributed by atoms with Crippen LogP contribution in [0.4, 0.5) is 0 Å². The van der Waals surface area contributed by atoms with Gasteiger partial charge in [0.05, 0.1) is 11.6 Å². The minimum absolute atomic E-state index is 0.0696. The molecular formula is C13H17NO4S. The van der Waals surface area contributed by atoms with Gasteiger partial charge in [0.25, 0.3) is 0 Å². The molecule has 0 bridgehead atoms. The largest absolute Gasteiger partial charge is 0.394 e. The highest BCUT2D eigenvalue weighted by Gasteiger charge is 2.55. The van der Waals surface area contributed by atoms with Crippen molar-refractivity contribution < 1.29 is 19.3 Å². The van der Waals surface area contributed by atoms with E-state index in [1.165, 1.54) is 11.8 Å². The number of rotatable bonds is 3. The fraction of sp³-hybridized carbons (Fsp3) is 0.615. The van der Waals surface area contributed by atoms with Gasteiger partial charge in [0.1, 0.15) is 23.7 Å². The van der Waals surface area contributed by atoms with E-state index in [0.29, 0.717) is 0 Å². The monoisotopic (exact) mass is 283 g/mol. The van der Waals surface area contributed by atoms with Gasteiger partial charge in [0, 0.05) is 6.20 Å². The molecule has 1 aromatic rings. The number of thioether (sulfide) groups is 1. The molecule has 0 amide bonds. The Bertz CT molecular complexity index is 442. The molecule has 0 radical (unpaired) electrons. The predicted octanol–water partition coefficient (Wildman–Crippen LogP) is 1.41. The fourth-order valence-electron chi connectivity index (χ4n) is 2.42. The summed E-state index contributed by atoms with van der Waals surface area (Å²) in [4.78, 5) is 4.27. The minimum Gasteiger partial charge on any atom is -0.394 e. The van der Waals surface area contributed by atoms with Crippen molar-refractivity contribution in [2.45, 2.75) is 48.4 Å². The Morgan fingerprint density at radius 3 is 2.79 bits per heavy atom. The highest BCUT2D eigenvalue weighted by Crippen LogP contribution is 2.43. The van der Waals surface area contributed by atoms with Crippen LogP contribution in [0.15, 0.2) is 29.4 Å². The van der Waals surface area contributed by atoms with Crippen LogP contribution in [-0.4, -0.2) is 46.2 Å². The Labute approximate surface area is 116 Å². The van der Waals surface area contributed by atoms with Gasteiger partial charge in [-0.25, -0.2) is 4.98 Å². The van der Waals surface area contributed by atoms with E-state index < -0.39 is 5.79 Å². The Hall–Kier alpha value is -0.660. The second-order valence-electron chi connectivity index (χ2n) is 5.08. The molecule has 2 saturated heterocycles. The summed E-state index contributed by atoms with van der Waals surface area (Å²) in [6.07, 6.45) is 1.00. The third-order valence-corrected chi connectivity index (χ3v) is 4.26. The molecule has 0 saturated carbocycles. The molecule has 6 heteroatoms. The SMILES string of the molecule is CC1(C)O[C@@H]2[C@H](O1)[C@@H](CO)O[C@@H]2Sc1ccccn1. The average molecular weight is 283 g/mol. The number of nitrogens with zero attached hydrogens (tertiary/aromatic N) is 1. The molecule has 1 aromatic heterocycles. The van der Waals surface area contributed by atoms with Gasteiger partial charge in [-0.1, -0.05) is 17.8 Å². The number of hydrogen-bond donors (Lipinski definition) is 1. The van der Waals surface area contributed by atoms with E-state index in [-0.39, 0.29) is 30.4 Å². The summed E-state index contributed by atoms with van der Waals surface area (Å²) in [6, 6.07) is 5.73. The number of fused-ring (bicyclic) bond motifs is 1. The number of aliphatic hydroxyl groups is 1. The molecule has 0 unspecified atom stereocenters. The van der Waals surface area contributed by atoms with E-state index in [4.69, 9.17) is 14.2 Å². The van der Waals surface area contributed by atoms with E-state index in [0.717, 1.165) is 5.03 Å². The summed E-state index contributed by atoms with van der Waals surface area (Å²) in [5, 5.41) is 10.3. The van der Waals surface area contributed by atoms with Crippen molar-refractivity contribution in [3.05, 3.63) is 24.4 Å². The zero-order valence-electron chi connectivity index (χ0n) is 10.9. The number of ether oxygens (including phenoxy) is 3. The van der Waals surface area contributed by atoms with Crippen LogP contribution < -0.4 is 0 Å². The molecular weight excluding hydrogens is 266 g/mol. The first-order chi connectivity index (χ1) is 9.09. The predicted molar refractivity (Wildman–Crippen MR) is 69.7 cm³/mol. The van der Waals surface area contributed by atoms with Gasteiger partial charge in [-0.05, 0) is 26.0 Å². The topological polar surface area (TPSA) is 60.8 Å². The van der Waals surface area contributed by atoms with Crippen LogP contribution in [0.1, 0.15) is 13.8 Å². The summed E-state index contributed by atoms with van der Waals surface area (Å²) in [6.45, 7) is 3.68. The summed E-state index contributed by atoms with van der Waals surface area (Å²) in [5.74, 6) is -0.630. The Morgan fingerprint density at radius 1 is 1.32 bits per heavy atom. The van der Waals surface area contributed by atoms with Gasteiger partial charge in [-0.3, -0.25) is 0 Å². The zero-order valence-corrected chi connectivity index (χ0v) is 11.7. The van der Waals surface area contributed by atoms with Crippen molar-refractivity contribution in [3.8, 4) is 0 Å². The van der Waals surface area contributed by atoms with Crippen molar-refractivity contribution >= 4 is 11.8 Å². The Morgan fingerprint density at radius 2 is 2.11 bits per heavy atom. The van der Waals surface area contributed by atoms with Crippen LogP contribution in [0.5, 0.6) is 0 Å². The molecule has 0 spiro atoms. The molecule has 5 nitrogen and oxygen atoms in total. The standard InChI is InChI=1S/C13H17NO4S/c1-13(2)17-10-8(7-15)16-12(11(10)18-13)19-9-5-3-4-6-14-9/h3-6,8,10-12,15H,7H2,1-2H3/t8-,10-,11-,12-/m1/s1. The first kappa shape index (κ1) is 13.3. The molecule has 104 valence electrons. The number of pyridine rings is 1. The van der Waals surface area contributed by atoms with Crippen LogP contribution in [0.2, 0.25) is 0 Å². The van der Waals surface area contributed by atoms with Crippen LogP contribution in [0.3, 0.4) is 0 Å². The highest BCUT2D eigenvalue weighted by atomic mass is 32.2. The maximum Gasteiger partial charge on any atom is 0.164 e. The second kappa shape index (κ2) is 5.03. The molecule has 2 fully saturated rings. The molecule has 0 aromatic carbocycles. The van der Waals surface area contributed by atoms with Crippen LogP contribution >= 0.6 is 11.8 Å². The van der Waals surface area contributed by atoms with Gasteiger partial charge >= 0.3 is 0 Å². The van der Waals surface area contributed by atoms with Crippen LogP contribution in [0.25, 0.3) is 0 Å². The summed E-state index contributed by atoms with van der Waals surface area (Å²) < 4.78 is 17.5. The average Bonchev–Trinajstić information content (AvgIpc) is 2.85. The van der Waals surface area contributed by atoms with E-state index in [1.54, 1.807) is 6.20 Å². The molecule has 19 heavy (non-hydrogen) atoms. The van der Waals surface area contributed by atoms with Crippen molar-refractivity contribution in [1.82, 2.24) is 4.98 Å². The van der Waals surface area contributed by atoms with Crippen LogP contribution in [0, 0.1) is 0 Å². The van der Waals surface area contributed by atoms with E-state index in [2.05, 4.69) is 4.98 Å². The van der Waals surface area contributed by atoms with Gasteiger partial charge in [0.15, 0.2) is 5.79 Å². The molecule has 3 rings (SSSR count). The quantitative estimate of drug-likeness (QED) is 0.905. The highest BCUT2D eigenvalue weighted by molar-refractivity contribution is 7.99. The van der Waals surface area contributed by atoms with Crippen LogP contribution in [-0.2, 0) is 14.2 Å². The van der Waals surface area contributed by atoms with Gasteiger partial charge in [0.2, 0.25) is 0 Å². The summed E-state index contributed by atoms with van der Waals surface area (Å²) >= 11 is 1.50. The van der Waals surface area contributed by atoms with Gasteiger partial charge in [-0.2, -0.15) is 0 Å². The summed E-state index contributed by atoms with van der Waals surface area (Å²) in [5.41, 5.74) is -0.209. The van der Waals surface area contributed by atoms with E-state index in [9.17, 15) is 5.11 Å². The number of hydrogen-bond acceptors (Lipinski definition) is 6. The van der Waals surface area contributed by atoms with Crippen molar-refractivity contribution in [2.24, 2.45) is 0 Å². The zero-order chi connectivity index (χ0) is 13.5. The Kier molecular flexibility index (Phi) is 3.53. The van der Waals surface area contributed by atoms with Crippen molar-refractivity contribution in [1.29, 1.82) is 0 Å². The van der Waals surface area contributed by atoms with Gasteiger partial charge < -0.3 is 19.3 Å². The minimum atomic E-state index is -0.630. The maximum atomic E-state index is 9.38. The van der Waals surface area contributed by atoms with E-state index >= 15 is 0 Å². The molecule has 3 heterocycles. The fourth-order valence-corrected chi connectivity index (χ4v) is 3.48. The molecule has 4 atom stereocenters. The lowest BCUT2D eigenvalue weighted by molar-refractivity contribution is -0.181. The smallest absolute Gasteiger partial charge is 0.164 e. The molecule has 2 aliphatic heterocycles. The van der Waals surface area contributed by atoms with E-state index in [1.807, 2.05) is 32.0 Å². The maximum absolute atomic E-state index is 9.38. The lowest BCUT2D eigenvalue weighted by Crippen LogP contribution is -2.31.